The third-order valence-electron chi connectivity index (χ3n) is 8.99. The van der Waals surface area contributed by atoms with Crippen LogP contribution in [-0.2, 0) is 20.7 Å². The van der Waals surface area contributed by atoms with Gasteiger partial charge in [0.05, 0.1) is 38.1 Å². The summed E-state index contributed by atoms with van der Waals surface area (Å²) in [5.74, 6) is 0.821. The van der Waals surface area contributed by atoms with Gasteiger partial charge in [0.25, 0.3) is 0 Å². The summed E-state index contributed by atoms with van der Waals surface area (Å²) in [4.78, 5) is 30.2. The molecule has 62 heavy (non-hydrogen) atoms. The summed E-state index contributed by atoms with van der Waals surface area (Å²) < 4.78 is 34.5. The number of ether oxygens (including phenoxy) is 1. The zero-order valence-electron chi connectivity index (χ0n) is 37.8. The number of hydrogen-bond acceptors (Lipinski definition) is 7. The maximum Gasteiger partial charge on any atom is 0.240 e. The fraction of sp³-hybridized carbons (Fsp3) is 0.480. The number of carbonyl (C=O) groups excluding carboxylic acids is 2. The number of nitrogens with two attached hydrogens (primary N) is 1. The average Bonchev–Trinajstić information content (AvgIpc) is 3.78. The Labute approximate surface area is 388 Å². The van der Waals surface area contributed by atoms with Gasteiger partial charge in [-0.3, -0.25) is 4.79 Å². The van der Waals surface area contributed by atoms with Crippen LogP contribution >= 0.6 is 31.9 Å². The average molecular weight is 988 g/mol. The first-order valence-electron chi connectivity index (χ1n) is 21.1. The first kappa shape index (κ1) is 55.9. The molecular weight excluding hydrogens is 916 g/mol. The molecule has 0 radical (unpaired) electrons. The quantitative estimate of drug-likeness (QED) is 0.0742. The standard InChI is InChI=1S/C23H30BrFN2O.C14H22BrFN2.C8H7NO.C4H8O.CH4/c1-15(2)13-27(14-16(3)4)20-11-10-19(24)22(25)23(20)26-21(28)12-18-8-6-17(5)7-9-18;1-9(2)7-18(8-10(3)4)12-6-5-11(15)13(16)14(12)17;1-7-2-4-8(5-3-7)9-6-10;1-2-4-5-3-1;/h6-11,15-16H,12-14H2,1-5H3,(H,26,28);5-6,9-10H,7-8,17H2,1-4H3;2-5H,1H3;1-4H2;1H4. The number of nitrogen functional groups attached to an aromatic ring is 1. The molecule has 1 fully saturated rings. The van der Waals surface area contributed by atoms with Crippen molar-refractivity contribution in [1.29, 1.82) is 0 Å². The second-order valence-electron chi connectivity index (χ2n) is 17.0. The van der Waals surface area contributed by atoms with E-state index >= 15 is 0 Å². The molecule has 0 atom stereocenters. The van der Waals surface area contributed by atoms with Gasteiger partial charge >= 0.3 is 0 Å². The lowest BCUT2D eigenvalue weighted by Crippen LogP contribution is -2.32. The topological polar surface area (TPSA) is 100 Å². The third kappa shape index (κ3) is 20.9. The molecule has 0 aliphatic carbocycles. The number of nitrogens with zero attached hydrogens (tertiary/aromatic N) is 3. The van der Waals surface area contributed by atoms with Crippen LogP contribution in [0.25, 0.3) is 0 Å². The predicted molar refractivity (Wildman–Crippen MR) is 266 cm³/mol. The number of aryl methyl sites for hydroxylation is 2. The minimum atomic E-state index is -0.438. The zero-order chi connectivity index (χ0) is 45.6. The number of aliphatic imine (C=N–C) groups is 1. The van der Waals surface area contributed by atoms with Crippen molar-refractivity contribution in [3.8, 4) is 0 Å². The van der Waals surface area contributed by atoms with E-state index in [-0.39, 0.29) is 36.9 Å². The number of hydrogen-bond donors (Lipinski definition) is 2. The fourth-order valence-corrected chi connectivity index (χ4v) is 6.99. The van der Waals surface area contributed by atoms with Gasteiger partial charge in [0, 0.05) is 39.4 Å². The molecule has 4 aromatic carbocycles. The minimum absolute atomic E-state index is 0. The molecule has 0 saturated carbocycles. The SMILES string of the molecule is C.C1CCOC1.CC(C)CN(CC(C)C)c1ccc(Br)c(F)c1N.Cc1ccc(CC(=O)Nc2c(N(CC(C)C)CC(C)C)ccc(Br)c2F)cc1.Cc1ccc(N=C=O)cc1. The van der Waals surface area contributed by atoms with E-state index < -0.39 is 5.82 Å². The first-order valence-corrected chi connectivity index (χ1v) is 22.7. The van der Waals surface area contributed by atoms with Crippen molar-refractivity contribution in [1.82, 2.24) is 0 Å². The Balaban J connectivity index is 0.000000478. The van der Waals surface area contributed by atoms with Gasteiger partial charge in [-0.2, -0.15) is 4.99 Å². The summed E-state index contributed by atoms with van der Waals surface area (Å²) in [6.45, 7) is 26.5. The van der Waals surface area contributed by atoms with E-state index in [9.17, 15) is 18.4 Å². The molecule has 1 saturated heterocycles. The van der Waals surface area contributed by atoms with Gasteiger partial charge in [0.2, 0.25) is 12.0 Å². The molecule has 1 amide bonds. The minimum Gasteiger partial charge on any atom is -0.395 e. The lowest BCUT2D eigenvalue weighted by atomic mass is 10.1. The van der Waals surface area contributed by atoms with E-state index in [0.717, 1.165) is 67.5 Å². The van der Waals surface area contributed by atoms with Crippen molar-refractivity contribution >= 4 is 72.3 Å². The van der Waals surface area contributed by atoms with Crippen molar-refractivity contribution in [3.63, 3.8) is 0 Å². The predicted octanol–water partition coefficient (Wildman–Crippen LogP) is 13.9. The van der Waals surface area contributed by atoms with Crippen LogP contribution in [-0.4, -0.2) is 51.4 Å². The summed E-state index contributed by atoms with van der Waals surface area (Å²) in [6.07, 6.45) is 4.24. The first-order chi connectivity index (χ1) is 28.8. The molecule has 12 heteroatoms. The molecule has 4 aromatic rings. The highest BCUT2D eigenvalue weighted by Crippen LogP contribution is 2.35. The Kier molecular flexibility index (Phi) is 26.4. The van der Waals surface area contributed by atoms with Gasteiger partial charge in [-0.05, 0) is 124 Å². The fourth-order valence-electron chi connectivity index (χ4n) is 6.32. The molecule has 342 valence electrons. The maximum atomic E-state index is 15.0. The monoisotopic (exact) mass is 985 g/mol. The zero-order valence-corrected chi connectivity index (χ0v) is 40.9. The van der Waals surface area contributed by atoms with Crippen molar-refractivity contribution < 1.29 is 23.1 Å². The van der Waals surface area contributed by atoms with Gasteiger partial charge in [-0.15, -0.1) is 0 Å². The Morgan fingerprint density at radius 3 is 1.55 bits per heavy atom. The highest BCUT2D eigenvalue weighted by molar-refractivity contribution is 9.10. The molecule has 5 rings (SSSR count). The number of rotatable bonds is 14. The lowest BCUT2D eigenvalue weighted by Gasteiger charge is -2.30. The number of benzene rings is 4. The van der Waals surface area contributed by atoms with Crippen molar-refractivity contribution in [2.75, 3.05) is 60.2 Å². The maximum absolute atomic E-state index is 15.0. The van der Waals surface area contributed by atoms with Crippen LogP contribution in [0.3, 0.4) is 0 Å². The Bertz CT molecular complexity index is 1940. The molecular formula is C50H71Br2F2N5O3. The van der Waals surface area contributed by atoms with Crippen LogP contribution in [0.1, 0.15) is 92.3 Å². The van der Waals surface area contributed by atoms with Crippen LogP contribution < -0.4 is 20.9 Å². The van der Waals surface area contributed by atoms with Crippen molar-refractivity contribution in [3.05, 3.63) is 110 Å². The second-order valence-corrected chi connectivity index (χ2v) is 18.7. The third-order valence-corrected chi connectivity index (χ3v) is 10.2. The van der Waals surface area contributed by atoms with E-state index in [2.05, 4.69) is 107 Å². The molecule has 0 aromatic heterocycles. The smallest absolute Gasteiger partial charge is 0.240 e. The summed E-state index contributed by atoms with van der Waals surface area (Å²) in [6, 6.07) is 22.3. The van der Waals surface area contributed by atoms with Gasteiger partial charge in [-0.1, -0.05) is 110 Å². The number of halogens is 4. The number of nitrogens with one attached hydrogen (secondary N) is 1. The second kappa shape index (κ2) is 29.3. The Hall–Kier alpha value is -4.09. The number of isocyanates is 1. The Morgan fingerprint density at radius 1 is 0.710 bits per heavy atom. The van der Waals surface area contributed by atoms with E-state index in [4.69, 9.17) is 10.5 Å². The molecule has 0 bridgehead atoms. The van der Waals surface area contributed by atoms with Gasteiger partial charge in [0.1, 0.15) is 5.69 Å². The Morgan fingerprint density at radius 2 is 1.13 bits per heavy atom. The molecule has 1 aliphatic rings. The van der Waals surface area contributed by atoms with Crippen LogP contribution in [0.5, 0.6) is 0 Å². The van der Waals surface area contributed by atoms with Gasteiger partial charge in [-0.25, -0.2) is 13.6 Å². The number of anilines is 4. The number of carbonyl (C=O) groups is 1. The highest BCUT2D eigenvalue weighted by Gasteiger charge is 2.21. The van der Waals surface area contributed by atoms with Crippen molar-refractivity contribution in [2.24, 2.45) is 28.7 Å². The van der Waals surface area contributed by atoms with Crippen molar-refractivity contribution in [2.45, 2.75) is 95.9 Å². The van der Waals surface area contributed by atoms with E-state index in [1.54, 1.807) is 24.3 Å². The molecule has 8 nitrogen and oxygen atoms in total. The van der Waals surface area contributed by atoms with Crippen LogP contribution in [0, 0.1) is 49.2 Å². The van der Waals surface area contributed by atoms with E-state index in [1.807, 2.05) is 62.4 Å². The van der Waals surface area contributed by atoms with Crippen LogP contribution in [0.2, 0.25) is 0 Å². The van der Waals surface area contributed by atoms with E-state index in [0.29, 0.717) is 38.3 Å². The van der Waals surface area contributed by atoms with Crippen LogP contribution in [0.15, 0.2) is 86.7 Å². The normalized spacial score (nSPS) is 11.6. The molecule has 1 aliphatic heterocycles. The largest absolute Gasteiger partial charge is 0.395 e. The van der Waals surface area contributed by atoms with Gasteiger partial charge < -0.3 is 25.6 Å². The molecule has 0 spiro atoms. The summed E-state index contributed by atoms with van der Waals surface area (Å²) in [5.41, 5.74) is 11.7. The highest BCUT2D eigenvalue weighted by atomic mass is 79.9. The summed E-state index contributed by atoms with van der Waals surface area (Å²) in [7, 11) is 0. The molecule has 3 N–H and O–H groups in total. The lowest BCUT2D eigenvalue weighted by molar-refractivity contribution is -0.115. The van der Waals surface area contributed by atoms with Crippen LogP contribution in [0.4, 0.5) is 37.2 Å². The molecule has 1 heterocycles. The summed E-state index contributed by atoms with van der Waals surface area (Å²) in [5, 5.41) is 2.82. The summed E-state index contributed by atoms with van der Waals surface area (Å²) >= 11 is 6.41. The van der Waals surface area contributed by atoms with E-state index in [1.165, 1.54) is 18.9 Å². The molecule has 0 unspecified atom stereocenters. The van der Waals surface area contributed by atoms with Gasteiger partial charge in [0.15, 0.2) is 11.6 Å². The number of amides is 1.